The predicted molar refractivity (Wildman–Crippen MR) is 90.8 cm³/mol. The number of fused-ring (bicyclic) bond motifs is 1. The van der Waals surface area contributed by atoms with Gasteiger partial charge in [0, 0.05) is 10.9 Å². The van der Waals surface area contributed by atoms with Crippen molar-refractivity contribution in [2.24, 2.45) is 0 Å². The van der Waals surface area contributed by atoms with Crippen molar-refractivity contribution in [1.82, 2.24) is 9.97 Å². The summed E-state index contributed by atoms with van der Waals surface area (Å²) in [4.78, 5) is 20.9. The molecule has 4 nitrogen and oxygen atoms in total. The summed E-state index contributed by atoms with van der Waals surface area (Å²) >= 11 is 3.05. The number of benzene rings is 1. The maximum absolute atomic E-state index is 11.2. The lowest BCUT2D eigenvalue weighted by molar-refractivity contribution is -0.114. The molecule has 0 saturated heterocycles. The van der Waals surface area contributed by atoms with E-state index in [2.05, 4.69) is 15.3 Å². The second-order valence-corrected chi connectivity index (χ2v) is 6.55. The van der Waals surface area contributed by atoms with Crippen molar-refractivity contribution in [3.05, 3.63) is 36.0 Å². The molecule has 0 bridgehead atoms. The Kier molecular flexibility index (Phi) is 4.40. The number of Topliss-reactive ketones (excluding diaryl/α,β-unsaturated/α-hetero) is 1. The minimum atomic E-state index is 0.137. The van der Waals surface area contributed by atoms with Crippen LogP contribution in [0.15, 0.2) is 41.0 Å². The molecule has 3 aromatic rings. The first-order chi connectivity index (χ1) is 10.7. The molecule has 2 heterocycles. The van der Waals surface area contributed by atoms with Crippen LogP contribution < -0.4 is 4.74 Å². The third kappa shape index (κ3) is 2.98. The van der Waals surface area contributed by atoms with Crippen molar-refractivity contribution in [1.29, 1.82) is 0 Å². The number of nitrogens with zero attached hydrogens (tertiary/aromatic N) is 2. The molecule has 2 aromatic heterocycles. The van der Waals surface area contributed by atoms with E-state index >= 15 is 0 Å². The highest BCUT2D eigenvalue weighted by atomic mass is 32.2. The van der Waals surface area contributed by atoms with Crippen molar-refractivity contribution in [3.63, 3.8) is 0 Å². The zero-order valence-electron chi connectivity index (χ0n) is 12.2. The van der Waals surface area contributed by atoms with Crippen LogP contribution in [0.25, 0.3) is 21.3 Å². The second-order valence-electron chi connectivity index (χ2n) is 4.73. The van der Waals surface area contributed by atoms with Gasteiger partial charge in [0.05, 0.1) is 18.2 Å². The van der Waals surface area contributed by atoms with Crippen molar-refractivity contribution >= 4 is 39.1 Å². The number of ether oxygens (including phenoxy) is 1. The van der Waals surface area contributed by atoms with Crippen LogP contribution in [0, 0.1) is 0 Å². The minimum Gasteiger partial charge on any atom is -0.497 e. The number of ketones is 1. The lowest BCUT2D eigenvalue weighted by Crippen LogP contribution is -1.95. The Morgan fingerprint density at radius 1 is 1.27 bits per heavy atom. The Morgan fingerprint density at radius 3 is 2.73 bits per heavy atom. The largest absolute Gasteiger partial charge is 0.497 e. The molecule has 0 amide bonds. The zero-order chi connectivity index (χ0) is 15.5. The lowest BCUT2D eigenvalue weighted by Gasteiger charge is -2.05. The van der Waals surface area contributed by atoms with Gasteiger partial charge in [0.15, 0.2) is 0 Å². The van der Waals surface area contributed by atoms with Gasteiger partial charge in [0.1, 0.15) is 27.7 Å². The summed E-state index contributed by atoms with van der Waals surface area (Å²) < 4.78 is 5.20. The molecule has 6 heteroatoms. The summed E-state index contributed by atoms with van der Waals surface area (Å²) in [5.74, 6) is 1.38. The second kappa shape index (κ2) is 6.46. The first-order valence-corrected chi connectivity index (χ1v) is 8.54. The molecule has 1 aromatic carbocycles. The van der Waals surface area contributed by atoms with E-state index in [4.69, 9.17) is 4.74 Å². The molecule has 0 aliphatic carbocycles. The molecule has 0 unspecified atom stereocenters. The van der Waals surface area contributed by atoms with E-state index in [0.29, 0.717) is 5.75 Å². The van der Waals surface area contributed by atoms with Gasteiger partial charge in [-0.25, -0.2) is 9.97 Å². The van der Waals surface area contributed by atoms with E-state index in [1.807, 2.05) is 24.3 Å². The molecule has 0 saturated carbocycles. The summed E-state index contributed by atoms with van der Waals surface area (Å²) in [5, 5.41) is 3.95. The van der Waals surface area contributed by atoms with Gasteiger partial charge in [0.25, 0.3) is 0 Å². The molecule has 0 spiro atoms. The number of hydrogen-bond acceptors (Lipinski definition) is 6. The fourth-order valence-electron chi connectivity index (χ4n) is 2.11. The highest BCUT2D eigenvalue weighted by molar-refractivity contribution is 8.00. The molecular formula is C16H14N2O2S2. The number of hydrogen-bond donors (Lipinski definition) is 0. The summed E-state index contributed by atoms with van der Waals surface area (Å²) in [6, 6.07) is 7.91. The van der Waals surface area contributed by atoms with E-state index in [-0.39, 0.29) is 5.78 Å². The van der Waals surface area contributed by atoms with Crippen LogP contribution in [0.4, 0.5) is 0 Å². The Balaban J connectivity index is 2.07. The molecule has 0 aliphatic rings. The van der Waals surface area contributed by atoms with Crippen LogP contribution in [0.2, 0.25) is 0 Å². The van der Waals surface area contributed by atoms with Crippen LogP contribution >= 0.6 is 23.1 Å². The van der Waals surface area contributed by atoms with Gasteiger partial charge >= 0.3 is 0 Å². The Bertz CT molecular complexity index is 813. The van der Waals surface area contributed by atoms with E-state index in [1.54, 1.807) is 31.7 Å². The number of methoxy groups -OCH3 is 1. The van der Waals surface area contributed by atoms with Crippen LogP contribution in [-0.4, -0.2) is 28.6 Å². The molecule has 0 aliphatic heterocycles. The van der Waals surface area contributed by atoms with Crippen molar-refractivity contribution < 1.29 is 9.53 Å². The van der Waals surface area contributed by atoms with Crippen LogP contribution in [0.5, 0.6) is 5.75 Å². The fourth-order valence-corrected chi connectivity index (χ4v) is 3.90. The smallest absolute Gasteiger partial charge is 0.140 e. The maximum atomic E-state index is 11.2. The third-order valence-corrected chi connectivity index (χ3v) is 5.17. The van der Waals surface area contributed by atoms with E-state index in [0.717, 1.165) is 32.1 Å². The quantitative estimate of drug-likeness (QED) is 0.522. The average Bonchev–Trinajstić information content (AvgIpc) is 2.97. The monoisotopic (exact) mass is 330 g/mol. The zero-order valence-corrected chi connectivity index (χ0v) is 13.8. The molecule has 112 valence electrons. The highest BCUT2D eigenvalue weighted by Crippen LogP contribution is 2.38. The van der Waals surface area contributed by atoms with Crippen LogP contribution in [0.1, 0.15) is 6.92 Å². The van der Waals surface area contributed by atoms with Crippen LogP contribution in [-0.2, 0) is 4.79 Å². The van der Waals surface area contributed by atoms with E-state index in [1.165, 1.54) is 11.8 Å². The van der Waals surface area contributed by atoms with Gasteiger partial charge in [-0.15, -0.1) is 11.3 Å². The predicted octanol–water partition coefficient (Wildman–Crippen LogP) is 4.05. The number of carbonyl (C=O) groups is 1. The normalized spacial score (nSPS) is 10.8. The molecule has 0 N–H and O–H groups in total. The fraction of sp³-hybridized carbons (Fsp3) is 0.188. The first-order valence-electron chi connectivity index (χ1n) is 6.68. The third-order valence-electron chi connectivity index (χ3n) is 3.15. The van der Waals surface area contributed by atoms with Gasteiger partial charge < -0.3 is 4.74 Å². The summed E-state index contributed by atoms with van der Waals surface area (Å²) in [6.07, 6.45) is 1.55. The number of aromatic nitrogens is 2. The number of thiophene rings is 1. The molecule has 22 heavy (non-hydrogen) atoms. The number of carbonyl (C=O) groups excluding carboxylic acids is 1. The summed E-state index contributed by atoms with van der Waals surface area (Å²) in [6.45, 7) is 1.59. The van der Waals surface area contributed by atoms with Crippen molar-refractivity contribution in [2.45, 2.75) is 11.9 Å². The number of rotatable bonds is 5. The van der Waals surface area contributed by atoms with Crippen molar-refractivity contribution in [3.8, 4) is 16.9 Å². The van der Waals surface area contributed by atoms with Gasteiger partial charge in [-0.3, -0.25) is 4.79 Å². The molecule has 0 fully saturated rings. The topological polar surface area (TPSA) is 52.1 Å². The minimum absolute atomic E-state index is 0.137. The van der Waals surface area contributed by atoms with Gasteiger partial charge in [-0.1, -0.05) is 23.9 Å². The highest BCUT2D eigenvalue weighted by Gasteiger charge is 2.14. The summed E-state index contributed by atoms with van der Waals surface area (Å²) in [7, 11) is 1.65. The molecule has 0 radical (unpaired) electrons. The first kappa shape index (κ1) is 15.0. The maximum Gasteiger partial charge on any atom is 0.140 e. The standard InChI is InChI=1S/C16H14N2O2S2/c1-10(19)7-21-15-14-13(8-22-16(14)18-9-17-15)11-3-5-12(20-2)6-4-11/h3-6,8-9H,7H2,1-2H3. The molecular weight excluding hydrogens is 316 g/mol. The Hall–Kier alpha value is -1.92. The van der Waals surface area contributed by atoms with Gasteiger partial charge in [0.2, 0.25) is 0 Å². The number of thioether (sulfide) groups is 1. The summed E-state index contributed by atoms with van der Waals surface area (Å²) in [5.41, 5.74) is 2.18. The Labute approximate surface area is 136 Å². The Morgan fingerprint density at radius 2 is 2.05 bits per heavy atom. The van der Waals surface area contributed by atoms with Gasteiger partial charge in [-0.05, 0) is 24.6 Å². The SMILES string of the molecule is COc1ccc(-c2csc3ncnc(SCC(C)=O)c23)cc1. The van der Waals surface area contributed by atoms with E-state index < -0.39 is 0 Å². The molecule has 3 rings (SSSR count). The van der Waals surface area contributed by atoms with Crippen LogP contribution in [0.3, 0.4) is 0 Å². The van der Waals surface area contributed by atoms with Gasteiger partial charge in [-0.2, -0.15) is 0 Å². The molecule has 0 atom stereocenters. The lowest BCUT2D eigenvalue weighted by atomic mass is 10.1. The van der Waals surface area contributed by atoms with E-state index in [9.17, 15) is 4.79 Å². The average molecular weight is 330 g/mol. The van der Waals surface area contributed by atoms with Crippen molar-refractivity contribution in [2.75, 3.05) is 12.9 Å².